The van der Waals surface area contributed by atoms with Crippen molar-refractivity contribution in [3.8, 4) is 0 Å². The first-order valence-corrected chi connectivity index (χ1v) is 7.08. The van der Waals surface area contributed by atoms with Crippen molar-refractivity contribution in [3.63, 3.8) is 0 Å². The van der Waals surface area contributed by atoms with E-state index in [-0.39, 0.29) is 5.56 Å². The van der Waals surface area contributed by atoms with Crippen LogP contribution < -0.4 is 5.56 Å². The standard InChI is InChI=1S/C13H14N2O3S/c1-6(13(17)18)15-7(2)14-11-10(12(15)16)8-4-3-5-9(8)19-11/h6H,3-5H2,1-2H3,(H,17,18). The molecule has 1 aliphatic carbocycles. The van der Waals surface area contributed by atoms with Crippen LogP contribution in [0.15, 0.2) is 4.79 Å². The van der Waals surface area contributed by atoms with E-state index in [0.29, 0.717) is 11.2 Å². The van der Waals surface area contributed by atoms with E-state index in [1.165, 1.54) is 16.4 Å². The minimum absolute atomic E-state index is 0.211. The van der Waals surface area contributed by atoms with E-state index in [4.69, 9.17) is 5.11 Å². The summed E-state index contributed by atoms with van der Waals surface area (Å²) in [5.41, 5.74) is 0.876. The van der Waals surface area contributed by atoms with Gasteiger partial charge in [0.15, 0.2) is 0 Å². The molecule has 2 heterocycles. The predicted molar refractivity (Wildman–Crippen MR) is 73.0 cm³/mol. The summed E-state index contributed by atoms with van der Waals surface area (Å²) in [6.45, 7) is 3.20. The number of aryl methyl sites for hydroxylation is 3. The van der Waals surface area contributed by atoms with Gasteiger partial charge in [-0.05, 0) is 38.7 Å². The van der Waals surface area contributed by atoms with E-state index < -0.39 is 12.0 Å². The van der Waals surface area contributed by atoms with Gasteiger partial charge in [0.25, 0.3) is 5.56 Å². The Morgan fingerprint density at radius 2 is 2.21 bits per heavy atom. The maximum absolute atomic E-state index is 12.6. The third kappa shape index (κ3) is 1.70. The van der Waals surface area contributed by atoms with Gasteiger partial charge in [-0.3, -0.25) is 9.36 Å². The van der Waals surface area contributed by atoms with E-state index >= 15 is 0 Å². The van der Waals surface area contributed by atoms with Crippen molar-refractivity contribution in [3.05, 3.63) is 26.6 Å². The Labute approximate surface area is 113 Å². The third-order valence-electron chi connectivity index (χ3n) is 3.69. The monoisotopic (exact) mass is 278 g/mol. The van der Waals surface area contributed by atoms with Crippen LogP contribution in [-0.4, -0.2) is 20.6 Å². The second-order valence-electron chi connectivity index (χ2n) is 4.89. The number of aromatic nitrogens is 2. The highest BCUT2D eigenvalue weighted by molar-refractivity contribution is 7.18. The highest BCUT2D eigenvalue weighted by atomic mass is 32.1. The maximum Gasteiger partial charge on any atom is 0.326 e. The van der Waals surface area contributed by atoms with Crippen LogP contribution in [0, 0.1) is 6.92 Å². The first kappa shape index (κ1) is 12.3. The number of rotatable bonds is 2. The molecule has 2 aromatic heterocycles. The molecule has 0 aromatic carbocycles. The number of thiophene rings is 1. The number of nitrogens with zero attached hydrogens (tertiary/aromatic N) is 2. The molecule has 1 aliphatic rings. The lowest BCUT2D eigenvalue weighted by molar-refractivity contribution is -0.140. The number of carbonyl (C=O) groups is 1. The minimum atomic E-state index is -1.02. The molecule has 6 heteroatoms. The molecule has 100 valence electrons. The van der Waals surface area contributed by atoms with Crippen LogP contribution in [0.3, 0.4) is 0 Å². The average molecular weight is 278 g/mol. The third-order valence-corrected chi connectivity index (χ3v) is 4.88. The van der Waals surface area contributed by atoms with Crippen molar-refractivity contribution in [2.45, 2.75) is 39.2 Å². The topological polar surface area (TPSA) is 72.2 Å². The zero-order valence-corrected chi connectivity index (χ0v) is 11.6. The lowest BCUT2D eigenvalue weighted by Crippen LogP contribution is -2.30. The van der Waals surface area contributed by atoms with Crippen LogP contribution in [0.25, 0.3) is 10.2 Å². The first-order chi connectivity index (χ1) is 9.00. The van der Waals surface area contributed by atoms with E-state index in [2.05, 4.69) is 4.98 Å². The second-order valence-corrected chi connectivity index (χ2v) is 5.97. The summed E-state index contributed by atoms with van der Waals surface area (Å²) in [6.07, 6.45) is 2.97. The van der Waals surface area contributed by atoms with Crippen LogP contribution >= 0.6 is 11.3 Å². The molecule has 0 fully saturated rings. The Morgan fingerprint density at radius 1 is 1.47 bits per heavy atom. The van der Waals surface area contributed by atoms with Gasteiger partial charge in [-0.25, -0.2) is 9.78 Å². The fourth-order valence-corrected chi connectivity index (χ4v) is 4.02. The van der Waals surface area contributed by atoms with Gasteiger partial charge in [0.2, 0.25) is 0 Å². The predicted octanol–water partition coefficient (Wildman–Crippen LogP) is 1.90. The van der Waals surface area contributed by atoms with Crippen molar-refractivity contribution in [2.24, 2.45) is 0 Å². The lowest BCUT2D eigenvalue weighted by Gasteiger charge is -2.13. The van der Waals surface area contributed by atoms with Gasteiger partial charge < -0.3 is 5.11 Å². The molecular formula is C13H14N2O3S. The van der Waals surface area contributed by atoms with E-state index in [1.807, 2.05) is 0 Å². The lowest BCUT2D eigenvalue weighted by atomic mass is 10.2. The molecule has 0 spiro atoms. The summed E-state index contributed by atoms with van der Waals surface area (Å²) in [7, 11) is 0. The highest BCUT2D eigenvalue weighted by Gasteiger charge is 2.25. The number of hydrogen-bond acceptors (Lipinski definition) is 4. The van der Waals surface area contributed by atoms with E-state index in [1.54, 1.807) is 18.3 Å². The highest BCUT2D eigenvalue weighted by Crippen LogP contribution is 2.34. The number of fused-ring (bicyclic) bond motifs is 3. The largest absolute Gasteiger partial charge is 0.480 e. The molecule has 1 unspecified atom stereocenters. The molecule has 0 radical (unpaired) electrons. The molecule has 2 aromatic rings. The van der Waals surface area contributed by atoms with Gasteiger partial charge in [0.1, 0.15) is 16.7 Å². The Hall–Kier alpha value is -1.69. The average Bonchev–Trinajstić information content (AvgIpc) is 2.87. The Balaban J connectivity index is 2.35. The van der Waals surface area contributed by atoms with Gasteiger partial charge in [-0.1, -0.05) is 0 Å². The van der Waals surface area contributed by atoms with Crippen LogP contribution in [0.2, 0.25) is 0 Å². The molecule has 1 N–H and O–H groups in total. The molecule has 0 aliphatic heterocycles. The van der Waals surface area contributed by atoms with Crippen molar-refractivity contribution >= 4 is 27.5 Å². The normalized spacial score (nSPS) is 15.7. The van der Waals surface area contributed by atoms with Crippen LogP contribution in [-0.2, 0) is 17.6 Å². The Kier molecular flexibility index (Phi) is 2.70. The summed E-state index contributed by atoms with van der Waals surface area (Å²) in [4.78, 5) is 30.1. The molecule has 0 bridgehead atoms. The fraction of sp³-hybridized carbons (Fsp3) is 0.462. The van der Waals surface area contributed by atoms with Gasteiger partial charge in [-0.15, -0.1) is 11.3 Å². The SMILES string of the molecule is Cc1nc2sc3c(c2c(=O)n1C(C)C(=O)O)CCC3. The van der Waals surface area contributed by atoms with Gasteiger partial charge in [0.05, 0.1) is 5.39 Å². The number of hydrogen-bond donors (Lipinski definition) is 1. The van der Waals surface area contributed by atoms with Crippen LogP contribution in [0.1, 0.15) is 35.7 Å². The summed E-state index contributed by atoms with van der Waals surface area (Å²) < 4.78 is 1.29. The summed E-state index contributed by atoms with van der Waals surface area (Å²) in [5.74, 6) is -0.550. The molecule has 0 saturated carbocycles. The smallest absolute Gasteiger partial charge is 0.326 e. The zero-order valence-electron chi connectivity index (χ0n) is 10.8. The molecule has 1 atom stereocenters. The maximum atomic E-state index is 12.6. The van der Waals surface area contributed by atoms with Crippen molar-refractivity contribution in [1.29, 1.82) is 0 Å². The fourth-order valence-electron chi connectivity index (χ4n) is 2.72. The number of carboxylic acid groups (broad SMARTS) is 1. The van der Waals surface area contributed by atoms with Crippen molar-refractivity contribution in [1.82, 2.24) is 9.55 Å². The van der Waals surface area contributed by atoms with E-state index in [9.17, 15) is 9.59 Å². The van der Waals surface area contributed by atoms with Crippen molar-refractivity contribution in [2.75, 3.05) is 0 Å². The quantitative estimate of drug-likeness (QED) is 0.910. The molecular weight excluding hydrogens is 264 g/mol. The Morgan fingerprint density at radius 3 is 2.89 bits per heavy atom. The van der Waals surface area contributed by atoms with Gasteiger partial charge in [-0.2, -0.15) is 0 Å². The van der Waals surface area contributed by atoms with Crippen LogP contribution in [0.5, 0.6) is 0 Å². The molecule has 0 amide bonds. The van der Waals surface area contributed by atoms with Gasteiger partial charge >= 0.3 is 5.97 Å². The number of carboxylic acids is 1. The summed E-state index contributed by atoms with van der Waals surface area (Å²) in [5, 5.41) is 9.75. The molecule has 5 nitrogen and oxygen atoms in total. The molecule has 0 saturated heterocycles. The summed E-state index contributed by atoms with van der Waals surface area (Å²) in [6, 6.07) is -0.888. The summed E-state index contributed by atoms with van der Waals surface area (Å²) >= 11 is 1.57. The van der Waals surface area contributed by atoms with Crippen molar-refractivity contribution < 1.29 is 9.90 Å². The molecule has 3 rings (SSSR count). The zero-order chi connectivity index (χ0) is 13.7. The van der Waals surface area contributed by atoms with Crippen LogP contribution in [0.4, 0.5) is 0 Å². The Bertz CT molecular complexity index is 744. The first-order valence-electron chi connectivity index (χ1n) is 6.27. The second kappa shape index (κ2) is 4.16. The van der Waals surface area contributed by atoms with E-state index in [0.717, 1.165) is 29.7 Å². The number of aliphatic carboxylic acids is 1. The molecule has 19 heavy (non-hydrogen) atoms. The van der Waals surface area contributed by atoms with Gasteiger partial charge in [0, 0.05) is 4.88 Å². The minimum Gasteiger partial charge on any atom is -0.480 e.